The SMILES string of the molecule is CC(C)c1ccccc1Oc1coc2cc(OCc3cccc(Cl)c3)ccc2c1=O. The van der Waals surface area contributed by atoms with Gasteiger partial charge in [-0.3, -0.25) is 4.79 Å². The number of fused-ring (bicyclic) bond motifs is 1. The summed E-state index contributed by atoms with van der Waals surface area (Å²) >= 11 is 6.00. The van der Waals surface area contributed by atoms with E-state index in [1.54, 1.807) is 18.2 Å². The van der Waals surface area contributed by atoms with Crippen LogP contribution in [0.15, 0.2) is 82.2 Å². The van der Waals surface area contributed by atoms with E-state index in [0.717, 1.165) is 11.1 Å². The molecule has 0 N–H and O–H groups in total. The number of benzene rings is 3. The lowest BCUT2D eigenvalue weighted by molar-refractivity contribution is 0.306. The topological polar surface area (TPSA) is 48.7 Å². The second-order valence-electron chi connectivity index (χ2n) is 7.30. The van der Waals surface area contributed by atoms with Gasteiger partial charge in [0.2, 0.25) is 11.2 Å². The van der Waals surface area contributed by atoms with Crippen LogP contribution in [0.2, 0.25) is 5.02 Å². The number of ether oxygens (including phenoxy) is 2. The Bertz CT molecular complexity index is 1240. The number of para-hydroxylation sites is 1. The summed E-state index contributed by atoms with van der Waals surface area (Å²) in [5.41, 5.74) is 2.20. The zero-order chi connectivity index (χ0) is 21.1. The predicted molar refractivity (Wildman–Crippen MR) is 119 cm³/mol. The fourth-order valence-corrected chi connectivity index (χ4v) is 3.43. The average Bonchev–Trinajstić information content (AvgIpc) is 2.74. The van der Waals surface area contributed by atoms with E-state index in [9.17, 15) is 4.79 Å². The highest BCUT2D eigenvalue weighted by Crippen LogP contribution is 2.30. The predicted octanol–water partition coefficient (Wildman–Crippen LogP) is 6.94. The first-order valence-electron chi connectivity index (χ1n) is 9.71. The van der Waals surface area contributed by atoms with Crippen LogP contribution in [0.5, 0.6) is 17.2 Å². The maximum Gasteiger partial charge on any atom is 0.235 e. The van der Waals surface area contributed by atoms with Crippen LogP contribution in [0, 0.1) is 0 Å². The van der Waals surface area contributed by atoms with Crippen molar-refractivity contribution in [2.45, 2.75) is 26.4 Å². The summed E-state index contributed by atoms with van der Waals surface area (Å²) in [6.07, 6.45) is 1.35. The van der Waals surface area contributed by atoms with Crippen molar-refractivity contribution in [1.82, 2.24) is 0 Å². The summed E-state index contributed by atoms with van der Waals surface area (Å²) in [6, 6.07) is 20.3. The maximum atomic E-state index is 12.9. The Labute approximate surface area is 179 Å². The molecule has 1 heterocycles. The summed E-state index contributed by atoms with van der Waals surface area (Å²) in [4.78, 5) is 12.9. The van der Waals surface area contributed by atoms with Gasteiger partial charge in [-0.15, -0.1) is 0 Å². The minimum Gasteiger partial charge on any atom is -0.489 e. The van der Waals surface area contributed by atoms with Crippen molar-refractivity contribution in [1.29, 1.82) is 0 Å². The van der Waals surface area contributed by atoms with E-state index in [0.29, 0.717) is 34.1 Å². The van der Waals surface area contributed by atoms with Gasteiger partial charge in [-0.2, -0.15) is 0 Å². The molecule has 0 fully saturated rings. The zero-order valence-electron chi connectivity index (χ0n) is 16.7. The second-order valence-corrected chi connectivity index (χ2v) is 7.74. The van der Waals surface area contributed by atoms with Crippen LogP contribution in [0.4, 0.5) is 0 Å². The molecule has 3 aromatic carbocycles. The molecule has 0 amide bonds. The van der Waals surface area contributed by atoms with E-state index in [1.165, 1.54) is 6.26 Å². The second kappa shape index (κ2) is 8.64. The van der Waals surface area contributed by atoms with E-state index in [1.807, 2.05) is 48.5 Å². The molecule has 4 aromatic rings. The summed E-state index contributed by atoms with van der Waals surface area (Å²) in [5, 5.41) is 1.09. The lowest BCUT2D eigenvalue weighted by Gasteiger charge is -2.13. The molecule has 0 saturated carbocycles. The third kappa shape index (κ3) is 4.34. The normalized spacial score (nSPS) is 11.1. The summed E-state index contributed by atoms with van der Waals surface area (Å²) in [5.74, 6) is 1.68. The maximum absolute atomic E-state index is 12.9. The molecule has 0 saturated heterocycles. The lowest BCUT2D eigenvalue weighted by Crippen LogP contribution is -2.06. The van der Waals surface area contributed by atoms with Crippen molar-refractivity contribution in [3.63, 3.8) is 0 Å². The minimum atomic E-state index is -0.226. The fraction of sp³-hybridized carbons (Fsp3) is 0.160. The molecular weight excluding hydrogens is 400 g/mol. The van der Waals surface area contributed by atoms with E-state index < -0.39 is 0 Å². The fourth-order valence-electron chi connectivity index (χ4n) is 3.21. The van der Waals surface area contributed by atoms with E-state index in [2.05, 4.69) is 13.8 Å². The number of rotatable bonds is 6. The Morgan fingerprint density at radius 3 is 2.60 bits per heavy atom. The highest BCUT2D eigenvalue weighted by atomic mass is 35.5. The van der Waals surface area contributed by atoms with Crippen LogP contribution >= 0.6 is 11.6 Å². The van der Waals surface area contributed by atoms with Gasteiger partial charge in [-0.25, -0.2) is 0 Å². The number of hydrogen-bond donors (Lipinski definition) is 0. The third-order valence-electron chi connectivity index (χ3n) is 4.77. The molecule has 0 aliphatic carbocycles. The third-order valence-corrected chi connectivity index (χ3v) is 5.00. The molecule has 0 radical (unpaired) electrons. The molecule has 0 aliphatic rings. The van der Waals surface area contributed by atoms with Gasteiger partial charge in [0.15, 0.2) is 0 Å². The molecule has 1 aromatic heterocycles. The molecule has 0 atom stereocenters. The van der Waals surface area contributed by atoms with Crippen LogP contribution in [-0.4, -0.2) is 0 Å². The van der Waals surface area contributed by atoms with Gasteiger partial charge in [0.25, 0.3) is 0 Å². The van der Waals surface area contributed by atoms with Crippen molar-refractivity contribution in [2.24, 2.45) is 0 Å². The van der Waals surface area contributed by atoms with E-state index >= 15 is 0 Å². The van der Waals surface area contributed by atoms with Gasteiger partial charge in [0.1, 0.15) is 30.0 Å². The van der Waals surface area contributed by atoms with Crippen LogP contribution in [0.3, 0.4) is 0 Å². The molecule has 0 unspecified atom stereocenters. The first-order valence-corrected chi connectivity index (χ1v) is 10.1. The van der Waals surface area contributed by atoms with Crippen LogP contribution < -0.4 is 14.9 Å². The van der Waals surface area contributed by atoms with Crippen LogP contribution in [-0.2, 0) is 6.61 Å². The lowest BCUT2D eigenvalue weighted by atomic mass is 10.0. The van der Waals surface area contributed by atoms with Crippen LogP contribution in [0.1, 0.15) is 30.9 Å². The zero-order valence-corrected chi connectivity index (χ0v) is 17.5. The van der Waals surface area contributed by atoms with Gasteiger partial charge in [0.05, 0.1) is 5.39 Å². The molecule has 0 spiro atoms. The first-order chi connectivity index (χ1) is 14.5. The van der Waals surface area contributed by atoms with E-state index in [4.69, 9.17) is 25.5 Å². The van der Waals surface area contributed by atoms with Crippen molar-refractivity contribution in [3.05, 3.63) is 99.4 Å². The Hall–Kier alpha value is -3.24. The molecule has 0 bridgehead atoms. The minimum absolute atomic E-state index is 0.156. The van der Waals surface area contributed by atoms with Crippen molar-refractivity contribution in [2.75, 3.05) is 0 Å². The molecular formula is C25H21ClO4. The monoisotopic (exact) mass is 420 g/mol. The molecule has 30 heavy (non-hydrogen) atoms. The smallest absolute Gasteiger partial charge is 0.235 e. The van der Waals surface area contributed by atoms with Crippen LogP contribution in [0.25, 0.3) is 11.0 Å². The number of halogens is 1. The van der Waals surface area contributed by atoms with Gasteiger partial charge < -0.3 is 13.9 Å². The highest BCUT2D eigenvalue weighted by Gasteiger charge is 2.13. The van der Waals surface area contributed by atoms with Crippen molar-refractivity contribution < 1.29 is 13.9 Å². The van der Waals surface area contributed by atoms with Gasteiger partial charge in [0, 0.05) is 11.1 Å². The van der Waals surface area contributed by atoms with E-state index in [-0.39, 0.29) is 17.1 Å². The number of hydrogen-bond acceptors (Lipinski definition) is 4. The standard InChI is InChI=1S/C25H21ClO4/c1-16(2)20-8-3-4-9-22(20)30-24-15-29-23-13-19(10-11-21(23)25(24)27)28-14-17-6-5-7-18(26)12-17/h3-13,15-16H,14H2,1-2H3. The highest BCUT2D eigenvalue weighted by molar-refractivity contribution is 6.30. The molecule has 4 rings (SSSR count). The van der Waals surface area contributed by atoms with Crippen molar-refractivity contribution in [3.8, 4) is 17.2 Å². The summed E-state index contributed by atoms with van der Waals surface area (Å²) < 4.78 is 17.4. The Kier molecular flexibility index (Phi) is 5.77. The Morgan fingerprint density at radius 2 is 1.80 bits per heavy atom. The van der Waals surface area contributed by atoms with Gasteiger partial charge >= 0.3 is 0 Å². The summed E-state index contributed by atoms with van der Waals surface area (Å²) in [6.45, 7) is 4.52. The quantitative estimate of drug-likeness (QED) is 0.339. The molecule has 152 valence electrons. The molecule has 4 nitrogen and oxygen atoms in total. The Balaban J connectivity index is 1.58. The van der Waals surface area contributed by atoms with Gasteiger partial charge in [-0.05, 0) is 47.4 Å². The molecule has 5 heteroatoms. The average molecular weight is 421 g/mol. The molecule has 0 aliphatic heterocycles. The van der Waals surface area contributed by atoms with Gasteiger partial charge in [-0.1, -0.05) is 55.8 Å². The Morgan fingerprint density at radius 1 is 0.967 bits per heavy atom. The largest absolute Gasteiger partial charge is 0.489 e. The first kappa shape index (κ1) is 20.0. The summed E-state index contributed by atoms with van der Waals surface area (Å²) in [7, 11) is 0. The van der Waals surface area contributed by atoms with Crippen molar-refractivity contribution >= 4 is 22.6 Å².